The average molecular weight is 460 g/mol. The summed E-state index contributed by atoms with van der Waals surface area (Å²) in [4.78, 5) is 19.6. The normalized spacial score (nSPS) is 13.0. The molecule has 1 aliphatic heterocycles. The van der Waals surface area contributed by atoms with E-state index in [1.165, 1.54) is 34.5 Å². The lowest BCUT2D eigenvalue weighted by atomic mass is 9.99. The van der Waals surface area contributed by atoms with Crippen molar-refractivity contribution in [3.63, 3.8) is 0 Å². The Labute approximate surface area is 195 Å². The molecule has 0 radical (unpaired) electrons. The lowest BCUT2D eigenvalue weighted by Crippen LogP contribution is -2.38. The molecule has 1 aromatic heterocycles. The maximum atomic E-state index is 13.5. The van der Waals surface area contributed by atoms with Gasteiger partial charge in [0.05, 0.1) is 7.11 Å². The summed E-state index contributed by atoms with van der Waals surface area (Å²) >= 11 is 0. The minimum Gasteiger partial charge on any atom is -0.497 e. The highest BCUT2D eigenvalue weighted by Crippen LogP contribution is 2.26. The van der Waals surface area contributed by atoms with Crippen molar-refractivity contribution in [3.05, 3.63) is 89.5 Å². The molecule has 0 atom stereocenters. The Kier molecular flexibility index (Phi) is 5.79. The number of halogens is 2. The summed E-state index contributed by atoms with van der Waals surface area (Å²) in [5.41, 5.74) is 3.52. The monoisotopic (exact) mass is 460 g/mol. The Morgan fingerprint density at radius 2 is 1.62 bits per heavy atom. The van der Waals surface area contributed by atoms with E-state index in [0.29, 0.717) is 35.9 Å². The maximum absolute atomic E-state index is 13.5. The standard InChI is InChI=1S/C26H22F2N4O2/c1-34-23-11-6-20-15-31(13-12-19(20)14-23)24(33)16-32-26(18-4-9-22(28)10-5-18)29-25(30-32)17-2-7-21(27)8-3-17/h2-11,14H,12-13,15-16H2,1H3. The van der Waals surface area contributed by atoms with Crippen molar-refractivity contribution in [2.45, 2.75) is 19.5 Å². The number of hydrogen-bond acceptors (Lipinski definition) is 4. The first kappa shape index (κ1) is 21.8. The fraction of sp³-hybridized carbons (Fsp3) is 0.192. The minimum absolute atomic E-state index is 0.0214. The van der Waals surface area contributed by atoms with Gasteiger partial charge in [-0.25, -0.2) is 18.4 Å². The van der Waals surface area contributed by atoms with Gasteiger partial charge in [-0.05, 0) is 78.2 Å². The van der Waals surface area contributed by atoms with Gasteiger partial charge in [-0.15, -0.1) is 5.10 Å². The van der Waals surface area contributed by atoms with Crippen LogP contribution in [0.2, 0.25) is 0 Å². The minimum atomic E-state index is -0.367. The number of benzene rings is 3. The molecule has 1 aliphatic rings. The van der Waals surface area contributed by atoms with Gasteiger partial charge in [0.1, 0.15) is 23.9 Å². The SMILES string of the molecule is COc1ccc2c(c1)CCN(C(=O)Cn1nc(-c3ccc(F)cc3)nc1-c1ccc(F)cc1)C2. The molecule has 0 N–H and O–H groups in total. The van der Waals surface area contributed by atoms with Crippen molar-refractivity contribution in [1.82, 2.24) is 19.7 Å². The van der Waals surface area contributed by atoms with Crippen LogP contribution < -0.4 is 4.74 Å². The summed E-state index contributed by atoms with van der Waals surface area (Å²) in [6.07, 6.45) is 0.737. The molecule has 1 amide bonds. The van der Waals surface area contributed by atoms with Crippen LogP contribution in [-0.4, -0.2) is 39.2 Å². The van der Waals surface area contributed by atoms with E-state index in [1.54, 1.807) is 36.3 Å². The Hall–Kier alpha value is -4.07. The number of hydrogen-bond donors (Lipinski definition) is 0. The molecule has 8 heteroatoms. The summed E-state index contributed by atoms with van der Waals surface area (Å²) in [7, 11) is 1.64. The molecule has 172 valence electrons. The van der Waals surface area contributed by atoms with Crippen molar-refractivity contribution >= 4 is 5.91 Å². The molecular weight excluding hydrogens is 438 g/mol. The molecule has 0 saturated heterocycles. The summed E-state index contributed by atoms with van der Waals surface area (Å²) in [6.45, 7) is 1.07. The molecule has 0 spiro atoms. The van der Waals surface area contributed by atoms with Crippen LogP contribution in [0, 0.1) is 11.6 Å². The van der Waals surface area contributed by atoms with E-state index in [0.717, 1.165) is 17.7 Å². The van der Waals surface area contributed by atoms with Gasteiger partial charge in [0, 0.05) is 24.2 Å². The Balaban J connectivity index is 1.43. The number of aromatic nitrogens is 3. The number of methoxy groups -OCH3 is 1. The van der Waals surface area contributed by atoms with Gasteiger partial charge < -0.3 is 9.64 Å². The van der Waals surface area contributed by atoms with E-state index in [2.05, 4.69) is 10.1 Å². The van der Waals surface area contributed by atoms with E-state index in [1.807, 2.05) is 18.2 Å². The zero-order valence-corrected chi connectivity index (χ0v) is 18.5. The van der Waals surface area contributed by atoms with Crippen LogP contribution in [0.4, 0.5) is 8.78 Å². The van der Waals surface area contributed by atoms with Crippen LogP contribution >= 0.6 is 0 Å². The van der Waals surface area contributed by atoms with Gasteiger partial charge >= 0.3 is 0 Å². The molecule has 0 aliphatic carbocycles. The van der Waals surface area contributed by atoms with Crippen LogP contribution in [0.3, 0.4) is 0 Å². The number of amides is 1. The van der Waals surface area contributed by atoms with Gasteiger partial charge in [-0.3, -0.25) is 4.79 Å². The third-order valence-electron chi connectivity index (χ3n) is 5.94. The molecule has 5 rings (SSSR count). The summed E-state index contributed by atoms with van der Waals surface area (Å²) in [5.74, 6) is 0.783. The van der Waals surface area contributed by atoms with Crippen LogP contribution in [0.15, 0.2) is 66.7 Å². The van der Waals surface area contributed by atoms with E-state index in [-0.39, 0.29) is 24.1 Å². The molecule has 0 unspecified atom stereocenters. The van der Waals surface area contributed by atoms with Crippen molar-refractivity contribution in [2.24, 2.45) is 0 Å². The smallest absolute Gasteiger partial charge is 0.244 e. The van der Waals surface area contributed by atoms with Crippen LogP contribution in [0.5, 0.6) is 5.75 Å². The van der Waals surface area contributed by atoms with Gasteiger partial charge in [0.25, 0.3) is 0 Å². The fourth-order valence-electron chi connectivity index (χ4n) is 4.08. The molecule has 34 heavy (non-hydrogen) atoms. The second-order valence-corrected chi connectivity index (χ2v) is 8.13. The maximum Gasteiger partial charge on any atom is 0.244 e. The first-order valence-electron chi connectivity index (χ1n) is 10.9. The Morgan fingerprint density at radius 1 is 0.941 bits per heavy atom. The number of fused-ring (bicyclic) bond motifs is 1. The van der Waals surface area contributed by atoms with E-state index in [4.69, 9.17) is 4.74 Å². The first-order chi connectivity index (χ1) is 16.5. The topological polar surface area (TPSA) is 60.2 Å². The number of ether oxygens (including phenoxy) is 1. The van der Waals surface area contributed by atoms with E-state index >= 15 is 0 Å². The molecular formula is C26H22F2N4O2. The van der Waals surface area contributed by atoms with E-state index < -0.39 is 0 Å². The number of rotatable bonds is 5. The molecule has 6 nitrogen and oxygen atoms in total. The quantitative estimate of drug-likeness (QED) is 0.441. The van der Waals surface area contributed by atoms with Gasteiger partial charge in [-0.1, -0.05) is 6.07 Å². The summed E-state index contributed by atoms with van der Waals surface area (Å²) < 4.78 is 33.7. The second-order valence-electron chi connectivity index (χ2n) is 8.13. The zero-order chi connectivity index (χ0) is 23.7. The first-order valence-corrected chi connectivity index (χ1v) is 10.9. The summed E-state index contributed by atoms with van der Waals surface area (Å²) in [6, 6.07) is 17.6. The van der Waals surface area contributed by atoms with Gasteiger partial charge in [0.15, 0.2) is 11.6 Å². The Bertz CT molecular complexity index is 1330. The lowest BCUT2D eigenvalue weighted by Gasteiger charge is -2.29. The van der Waals surface area contributed by atoms with Crippen molar-refractivity contribution in [3.8, 4) is 28.5 Å². The van der Waals surface area contributed by atoms with Gasteiger partial charge in [0.2, 0.25) is 5.91 Å². The predicted octanol–water partition coefficient (Wildman–Crippen LogP) is 4.48. The predicted molar refractivity (Wildman–Crippen MR) is 123 cm³/mol. The average Bonchev–Trinajstić information content (AvgIpc) is 3.27. The number of carbonyl (C=O) groups is 1. The molecule has 0 bridgehead atoms. The molecule has 3 aromatic carbocycles. The molecule has 4 aromatic rings. The number of carbonyl (C=O) groups excluding carboxylic acids is 1. The van der Waals surface area contributed by atoms with Crippen LogP contribution in [0.25, 0.3) is 22.8 Å². The zero-order valence-electron chi connectivity index (χ0n) is 18.5. The molecule has 2 heterocycles. The molecule has 0 saturated carbocycles. The second kappa shape index (κ2) is 9.05. The third-order valence-corrected chi connectivity index (χ3v) is 5.94. The number of nitrogens with zero attached hydrogens (tertiary/aromatic N) is 4. The van der Waals surface area contributed by atoms with Crippen molar-refractivity contribution in [1.29, 1.82) is 0 Å². The summed E-state index contributed by atoms with van der Waals surface area (Å²) in [5, 5.41) is 4.54. The van der Waals surface area contributed by atoms with E-state index in [9.17, 15) is 13.6 Å². The highest BCUT2D eigenvalue weighted by atomic mass is 19.1. The lowest BCUT2D eigenvalue weighted by molar-refractivity contribution is -0.132. The third kappa shape index (κ3) is 4.39. The highest BCUT2D eigenvalue weighted by Gasteiger charge is 2.23. The Morgan fingerprint density at radius 3 is 2.29 bits per heavy atom. The van der Waals surface area contributed by atoms with Crippen molar-refractivity contribution < 1.29 is 18.3 Å². The fourth-order valence-corrected chi connectivity index (χ4v) is 4.08. The van der Waals surface area contributed by atoms with Crippen LogP contribution in [0.1, 0.15) is 11.1 Å². The van der Waals surface area contributed by atoms with Crippen LogP contribution in [-0.2, 0) is 24.3 Å². The van der Waals surface area contributed by atoms with Crippen molar-refractivity contribution in [2.75, 3.05) is 13.7 Å². The van der Waals surface area contributed by atoms with Gasteiger partial charge in [-0.2, -0.15) is 0 Å². The highest BCUT2D eigenvalue weighted by molar-refractivity contribution is 5.77. The molecule has 0 fully saturated rings. The largest absolute Gasteiger partial charge is 0.497 e.